The molecule has 3 heteroatoms. The molecule has 2 aliphatic rings. The summed E-state index contributed by atoms with van der Waals surface area (Å²) in [6, 6.07) is 0. The van der Waals surface area contributed by atoms with Gasteiger partial charge < -0.3 is 10.2 Å². The standard InChI is InChI=1S/C14H26N2O/c1-4-6-14(7-5-9-15-14)12(17)16-10-8-13(2,3)11-16/h15H,4-11H2,1-3H3. The van der Waals surface area contributed by atoms with E-state index < -0.39 is 0 Å². The summed E-state index contributed by atoms with van der Waals surface area (Å²) >= 11 is 0. The highest BCUT2D eigenvalue weighted by molar-refractivity contribution is 5.87. The molecular weight excluding hydrogens is 212 g/mol. The van der Waals surface area contributed by atoms with Crippen LogP contribution in [-0.4, -0.2) is 36.0 Å². The van der Waals surface area contributed by atoms with Gasteiger partial charge >= 0.3 is 0 Å². The second-order valence-corrected chi connectivity index (χ2v) is 6.50. The molecule has 0 spiro atoms. The quantitative estimate of drug-likeness (QED) is 0.817. The minimum atomic E-state index is -0.227. The molecule has 1 atom stereocenters. The molecule has 1 amide bonds. The van der Waals surface area contributed by atoms with Crippen LogP contribution in [0.2, 0.25) is 0 Å². The molecule has 1 N–H and O–H groups in total. The van der Waals surface area contributed by atoms with E-state index in [0.29, 0.717) is 11.3 Å². The van der Waals surface area contributed by atoms with E-state index in [-0.39, 0.29) is 5.54 Å². The lowest BCUT2D eigenvalue weighted by atomic mass is 9.90. The van der Waals surface area contributed by atoms with Gasteiger partial charge in [0.15, 0.2) is 0 Å². The van der Waals surface area contributed by atoms with Crippen LogP contribution >= 0.6 is 0 Å². The molecule has 3 nitrogen and oxygen atoms in total. The molecule has 2 heterocycles. The van der Waals surface area contributed by atoms with Gasteiger partial charge in [-0.15, -0.1) is 0 Å². The van der Waals surface area contributed by atoms with Gasteiger partial charge in [-0.05, 0) is 37.6 Å². The van der Waals surface area contributed by atoms with Crippen LogP contribution in [0, 0.1) is 5.41 Å². The van der Waals surface area contributed by atoms with E-state index in [0.717, 1.165) is 51.7 Å². The normalized spacial score (nSPS) is 32.1. The summed E-state index contributed by atoms with van der Waals surface area (Å²) in [5.74, 6) is 0.363. The van der Waals surface area contributed by atoms with Gasteiger partial charge in [-0.3, -0.25) is 4.79 Å². The van der Waals surface area contributed by atoms with E-state index in [4.69, 9.17) is 0 Å². The SMILES string of the molecule is CCCC1(C(=O)N2CCC(C)(C)C2)CCCN1. The number of nitrogens with zero attached hydrogens (tertiary/aromatic N) is 1. The first-order valence-corrected chi connectivity index (χ1v) is 7.04. The Hall–Kier alpha value is -0.570. The van der Waals surface area contributed by atoms with E-state index in [1.165, 1.54) is 0 Å². The van der Waals surface area contributed by atoms with Crippen LogP contribution in [0.25, 0.3) is 0 Å². The van der Waals surface area contributed by atoms with Crippen molar-refractivity contribution >= 4 is 5.91 Å². The first-order chi connectivity index (χ1) is 7.99. The van der Waals surface area contributed by atoms with Crippen LogP contribution in [0.5, 0.6) is 0 Å². The molecule has 2 aliphatic heterocycles. The fraction of sp³-hybridized carbons (Fsp3) is 0.929. The predicted octanol–water partition coefficient (Wildman–Crippen LogP) is 2.17. The number of rotatable bonds is 3. The Labute approximate surface area is 105 Å². The maximum absolute atomic E-state index is 12.7. The van der Waals surface area contributed by atoms with Gasteiger partial charge in [0.1, 0.15) is 0 Å². The van der Waals surface area contributed by atoms with Crippen molar-refractivity contribution in [1.82, 2.24) is 10.2 Å². The van der Waals surface area contributed by atoms with Crippen molar-refractivity contribution in [2.45, 2.75) is 58.4 Å². The maximum atomic E-state index is 12.7. The third kappa shape index (κ3) is 2.49. The Morgan fingerprint density at radius 3 is 2.59 bits per heavy atom. The van der Waals surface area contributed by atoms with Gasteiger partial charge in [-0.2, -0.15) is 0 Å². The average molecular weight is 238 g/mol. The van der Waals surface area contributed by atoms with E-state index in [1.807, 2.05) is 0 Å². The molecule has 17 heavy (non-hydrogen) atoms. The molecule has 2 rings (SSSR count). The minimum absolute atomic E-state index is 0.227. The summed E-state index contributed by atoms with van der Waals surface area (Å²) in [6.07, 6.45) is 5.37. The molecule has 0 bridgehead atoms. The molecule has 0 aromatic rings. The summed E-state index contributed by atoms with van der Waals surface area (Å²) in [6.45, 7) is 9.56. The molecule has 0 aliphatic carbocycles. The number of carbonyl (C=O) groups is 1. The fourth-order valence-electron chi connectivity index (χ4n) is 3.32. The van der Waals surface area contributed by atoms with Crippen molar-refractivity contribution in [2.75, 3.05) is 19.6 Å². The summed E-state index contributed by atoms with van der Waals surface area (Å²) < 4.78 is 0. The Balaban J connectivity index is 2.07. The lowest BCUT2D eigenvalue weighted by Gasteiger charge is -2.33. The Bertz CT molecular complexity index is 293. The largest absolute Gasteiger partial charge is 0.341 e. The van der Waals surface area contributed by atoms with Crippen molar-refractivity contribution in [3.05, 3.63) is 0 Å². The molecule has 98 valence electrons. The summed E-state index contributed by atoms with van der Waals surface area (Å²) in [5.41, 5.74) is 0.0802. The minimum Gasteiger partial charge on any atom is -0.341 e. The van der Waals surface area contributed by atoms with Crippen LogP contribution in [-0.2, 0) is 4.79 Å². The number of likely N-dealkylation sites (tertiary alicyclic amines) is 1. The molecule has 2 saturated heterocycles. The molecule has 0 radical (unpaired) electrons. The number of carbonyl (C=O) groups excluding carboxylic acids is 1. The summed E-state index contributed by atoms with van der Waals surface area (Å²) in [4.78, 5) is 14.8. The van der Waals surface area contributed by atoms with E-state index in [2.05, 4.69) is 31.0 Å². The highest BCUT2D eigenvalue weighted by Gasteiger charge is 2.45. The van der Waals surface area contributed by atoms with Gasteiger partial charge in [0, 0.05) is 13.1 Å². The van der Waals surface area contributed by atoms with E-state index in [1.54, 1.807) is 0 Å². The summed E-state index contributed by atoms with van der Waals surface area (Å²) in [7, 11) is 0. The highest BCUT2D eigenvalue weighted by Crippen LogP contribution is 2.33. The Morgan fingerprint density at radius 1 is 1.35 bits per heavy atom. The monoisotopic (exact) mass is 238 g/mol. The molecular formula is C14H26N2O. The molecule has 1 unspecified atom stereocenters. The zero-order valence-electron chi connectivity index (χ0n) is 11.5. The van der Waals surface area contributed by atoms with Crippen LogP contribution < -0.4 is 5.32 Å². The summed E-state index contributed by atoms with van der Waals surface area (Å²) in [5, 5.41) is 3.48. The lowest BCUT2D eigenvalue weighted by molar-refractivity contribution is -0.137. The fourth-order valence-corrected chi connectivity index (χ4v) is 3.32. The Kier molecular flexibility index (Phi) is 3.48. The molecule has 0 saturated carbocycles. The van der Waals surface area contributed by atoms with Crippen LogP contribution in [0.3, 0.4) is 0 Å². The first kappa shape index (κ1) is 12.9. The van der Waals surface area contributed by atoms with Crippen molar-refractivity contribution in [3.63, 3.8) is 0 Å². The van der Waals surface area contributed by atoms with Crippen LogP contribution in [0.1, 0.15) is 52.9 Å². The second-order valence-electron chi connectivity index (χ2n) is 6.50. The van der Waals surface area contributed by atoms with Crippen molar-refractivity contribution in [3.8, 4) is 0 Å². The number of hydrogen-bond donors (Lipinski definition) is 1. The third-order valence-electron chi connectivity index (χ3n) is 4.29. The number of hydrogen-bond acceptors (Lipinski definition) is 2. The maximum Gasteiger partial charge on any atom is 0.242 e. The lowest BCUT2D eigenvalue weighted by Crippen LogP contribution is -2.54. The first-order valence-electron chi connectivity index (χ1n) is 7.04. The molecule has 0 aromatic carbocycles. The molecule has 0 aromatic heterocycles. The Morgan fingerprint density at radius 2 is 2.12 bits per heavy atom. The van der Waals surface area contributed by atoms with Crippen LogP contribution in [0.4, 0.5) is 0 Å². The smallest absolute Gasteiger partial charge is 0.242 e. The average Bonchev–Trinajstić information content (AvgIpc) is 2.85. The number of amides is 1. The zero-order valence-corrected chi connectivity index (χ0v) is 11.5. The topological polar surface area (TPSA) is 32.3 Å². The van der Waals surface area contributed by atoms with Crippen molar-refractivity contribution in [1.29, 1.82) is 0 Å². The van der Waals surface area contributed by atoms with Gasteiger partial charge in [0.05, 0.1) is 5.54 Å². The molecule has 2 fully saturated rings. The van der Waals surface area contributed by atoms with Gasteiger partial charge in [0.25, 0.3) is 0 Å². The number of nitrogens with one attached hydrogen (secondary N) is 1. The predicted molar refractivity (Wildman–Crippen MR) is 69.9 cm³/mol. The van der Waals surface area contributed by atoms with Crippen molar-refractivity contribution < 1.29 is 4.79 Å². The van der Waals surface area contributed by atoms with E-state index in [9.17, 15) is 4.79 Å². The zero-order chi connectivity index (χ0) is 12.5. The second kappa shape index (κ2) is 4.60. The van der Waals surface area contributed by atoms with Gasteiger partial charge in [-0.1, -0.05) is 27.2 Å². The van der Waals surface area contributed by atoms with Gasteiger partial charge in [0.2, 0.25) is 5.91 Å². The van der Waals surface area contributed by atoms with Crippen LogP contribution in [0.15, 0.2) is 0 Å². The van der Waals surface area contributed by atoms with E-state index >= 15 is 0 Å². The highest BCUT2D eigenvalue weighted by atomic mass is 16.2. The van der Waals surface area contributed by atoms with Gasteiger partial charge in [-0.25, -0.2) is 0 Å². The van der Waals surface area contributed by atoms with Crippen molar-refractivity contribution in [2.24, 2.45) is 5.41 Å². The third-order valence-corrected chi connectivity index (χ3v) is 4.29.